The molecule has 5 heteroatoms. The molecule has 1 unspecified atom stereocenters. The second-order valence-corrected chi connectivity index (χ2v) is 5.18. The van der Waals surface area contributed by atoms with Crippen LogP contribution in [0.1, 0.15) is 18.5 Å². The first-order valence-corrected chi connectivity index (χ1v) is 6.94. The Bertz CT molecular complexity index is 804. The first-order valence-electron chi connectivity index (χ1n) is 6.94. The molecule has 1 atom stereocenters. The van der Waals surface area contributed by atoms with Crippen LogP contribution in [0.25, 0.3) is 11.0 Å². The number of benzene rings is 2. The number of nitrogens with one attached hydrogen (secondary N) is 2. The lowest BCUT2D eigenvalue weighted by Crippen LogP contribution is -2.21. The molecule has 3 rings (SSSR count). The number of imidazole rings is 1. The van der Waals surface area contributed by atoms with Crippen molar-refractivity contribution in [2.45, 2.75) is 19.4 Å². The van der Waals surface area contributed by atoms with Crippen LogP contribution in [0.2, 0.25) is 0 Å². The normalized spacial score (nSPS) is 12.5. The second kappa shape index (κ2) is 5.46. The van der Waals surface area contributed by atoms with Crippen LogP contribution in [0, 0.1) is 0 Å². The van der Waals surface area contributed by atoms with Crippen LogP contribution in [0.5, 0.6) is 0 Å². The summed E-state index contributed by atoms with van der Waals surface area (Å²) in [6.07, 6.45) is 0.800. The maximum atomic E-state index is 12.3. The lowest BCUT2D eigenvalue weighted by atomic mass is 10.1. The van der Waals surface area contributed by atoms with Gasteiger partial charge in [0.1, 0.15) is 0 Å². The van der Waals surface area contributed by atoms with E-state index in [1.54, 1.807) is 4.57 Å². The van der Waals surface area contributed by atoms with Crippen LogP contribution in [-0.2, 0) is 6.42 Å². The Balaban J connectivity index is 2.04. The Morgan fingerprint density at radius 3 is 2.67 bits per heavy atom. The molecule has 0 aliphatic carbocycles. The Kier molecular flexibility index (Phi) is 3.50. The summed E-state index contributed by atoms with van der Waals surface area (Å²) in [5, 5.41) is 0. The number of nitrogens with zero attached hydrogens (tertiary/aromatic N) is 1. The lowest BCUT2D eigenvalue weighted by molar-refractivity contribution is 0.543. The number of aromatic nitrogens is 2. The minimum Gasteiger partial charge on any atom is -0.322 e. The van der Waals surface area contributed by atoms with E-state index in [1.165, 1.54) is 5.56 Å². The Morgan fingerprint density at radius 1 is 1.19 bits per heavy atom. The minimum atomic E-state index is -0.115. The van der Waals surface area contributed by atoms with Gasteiger partial charge >= 0.3 is 5.69 Å². The number of fused-ring (bicyclic) bond motifs is 1. The first kappa shape index (κ1) is 13.5. The smallest absolute Gasteiger partial charge is 0.322 e. The molecule has 0 saturated carbocycles. The maximum absolute atomic E-state index is 12.3. The number of rotatable bonds is 4. The summed E-state index contributed by atoms with van der Waals surface area (Å²) in [7, 11) is 0. The minimum absolute atomic E-state index is 0.0571. The van der Waals surface area contributed by atoms with Crippen molar-refractivity contribution in [3.05, 3.63) is 64.6 Å². The van der Waals surface area contributed by atoms with Crippen molar-refractivity contribution in [2.24, 2.45) is 5.84 Å². The zero-order valence-electron chi connectivity index (χ0n) is 11.8. The molecule has 0 spiro atoms. The predicted octanol–water partition coefficient (Wildman–Crippen LogP) is 2.42. The van der Waals surface area contributed by atoms with Crippen LogP contribution in [0.4, 0.5) is 5.69 Å². The monoisotopic (exact) mass is 282 g/mol. The van der Waals surface area contributed by atoms with E-state index in [0.29, 0.717) is 0 Å². The van der Waals surface area contributed by atoms with Crippen molar-refractivity contribution < 1.29 is 0 Å². The van der Waals surface area contributed by atoms with E-state index in [9.17, 15) is 4.79 Å². The van der Waals surface area contributed by atoms with E-state index < -0.39 is 0 Å². The van der Waals surface area contributed by atoms with Gasteiger partial charge in [0.2, 0.25) is 0 Å². The predicted molar refractivity (Wildman–Crippen MR) is 85.2 cm³/mol. The number of aromatic amines is 1. The number of hydrazine groups is 1. The molecule has 1 heterocycles. The maximum Gasteiger partial charge on any atom is 0.326 e. The summed E-state index contributed by atoms with van der Waals surface area (Å²) in [4.78, 5) is 15.2. The summed E-state index contributed by atoms with van der Waals surface area (Å²) in [6.45, 7) is 2.05. The van der Waals surface area contributed by atoms with E-state index in [2.05, 4.69) is 22.5 Å². The highest BCUT2D eigenvalue weighted by molar-refractivity contribution is 5.88. The average molecular weight is 282 g/mol. The second-order valence-electron chi connectivity index (χ2n) is 5.18. The van der Waals surface area contributed by atoms with Crippen molar-refractivity contribution in [1.29, 1.82) is 0 Å². The number of nitrogens with two attached hydrogens (primary N) is 1. The summed E-state index contributed by atoms with van der Waals surface area (Å²) >= 11 is 0. The molecule has 0 aliphatic rings. The van der Waals surface area contributed by atoms with Gasteiger partial charge in [-0.2, -0.15) is 0 Å². The van der Waals surface area contributed by atoms with Gasteiger partial charge in [0, 0.05) is 6.04 Å². The molecule has 21 heavy (non-hydrogen) atoms. The molecule has 0 aliphatic heterocycles. The van der Waals surface area contributed by atoms with Gasteiger partial charge in [-0.05, 0) is 31.0 Å². The highest BCUT2D eigenvalue weighted by atomic mass is 16.1. The van der Waals surface area contributed by atoms with Crippen LogP contribution >= 0.6 is 0 Å². The fourth-order valence-corrected chi connectivity index (χ4v) is 2.75. The highest BCUT2D eigenvalue weighted by Crippen LogP contribution is 2.23. The van der Waals surface area contributed by atoms with Crippen molar-refractivity contribution in [3.63, 3.8) is 0 Å². The fourth-order valence-electron chi connectivity index (χ4n) is 2.75. The van der Waals surface area contributed by atoms with Gasteiger partial charge in [0.05, 0.1) is 16.7 Å². The number of H-pyrrole nitrogens is 1. The molecule has 0 bridgehead atoms. The van der Waals surface area contributed by atoms with Crippen LogP contribution in [-0.4, -0.2) is 9.55 Å². The van der Waals surface area contributed by atoms with E-state index in [4.69, 9.17) is 5.84 Å². The third-order valence-corrected chi connectivity index (χ3v) is 3.72. The van der Waals surface area contributed by atoms with Gasteiger partial charge in [-0.3, -0.25) is 10.4 Å². The SMILES string of the molecule is CC(Cc1ccccc1)n1c(=O)[nH]c2c(NN)cccc21. The summed E-state index contributed by atoms with van der Waals surface area (Å²) in [5.74, 6) is 5.49. The van der Waals surface area contributed by atoms with Crippen LogP contribution in [0.3, 0.4) is 0 Å². The molecule has 4 N–H and O–H groups in total. The lowest BCUT2D eigenvalue weighted by Gasteiger charge is -2.14. The van der Waals surface area contributed by atoms with Crippen molar-refractivity contribution in [1.82, 2.24) is 9.55 Å². The Hall–Kier alpha value is -2.53. The molecular formula is C16H18N4O. The number of para-hydroxylation sites is 1. The summed E-state index contributed by atoms with van der Waals surface area (Å²) < 4.78 is 1.78. The molecule has 0 radical (unpaired) electrons. The zero-order valence-corrected chi connectivity index (χ0v) is 11.8. The quantitative estimate of drug-likeness (QED) is 0.508. The average Bonchev–Trinajstić information content (AvgIpc) is 2.84. The largest absolute Gasteiger partial charge is 0.326 e. The number of anilines is 1. The third-order valence-electron chi connectivity index (χ3n) is 3.72. The molecule has 2 aromatic carbocycles. The molecule has 0 fully saturated rings. The van der Waals surface area contributed by atoms with E-state index in [-0.39, 0.29) is 11.7 Å². The molecule has 3 aromatic rings. The molecule has 5 nitrogen and oxygen atoms in total. The molecule has 0 saturated heterocycles. The molecular weight excluding hydrogens is 264 g/mol. The topological polar surface area (TPSA) is 75.8 Å². The van der Waals surface area contributed by atoms with Gasteiger partial charge in [0.15, 0.2) is 0 Å². The Morgan fingerprint density at radius 2 is 1.95 bits per heavy atom. The van der Waals surface area contributed by atoms with Gasteiger partial charge in [-0.1, -0.05) is 36.4 Å². The molecule has 1 aromatic heterocycles. The number of hydrogen-bond donors (Lipinski definition) is 3. The standard InChI is InChI=1S/C16H18N4O/c1-11(10-12-6-3-2-4-7-12)20-14-9-5-8-13(19-17)15(14)18-16(20)21/h2-9,11,19H,10,17H2,1H3,(H,18,21). The zero-order chi connectivity index (χ0) is 14.8. The molecule has 0 amide bonds. The summed E-state index contributed by atoms with van der Waals surface area (Å²) in [5.41, 5.74) is 6.03. The first-order chi connectivity index (χ1) is 10.2. The van der Waals surface area contributed by atoms with E-state index >= 15 is 0 Å². The fraction of sp³-hybridized carbons (Fsp3) is 0.188. The van der Waals surface area contributed by atoms with Gasteiger partial charge in [-0.15, -0.1) is 0 Å². The van der Waals surface area contributed by atoms with Crippen molar-refractivity contribution >= 4 is 16.7 Å². The van der Waals surface area contributed by atoms with Crippen molar-refractivity contribution in [2.75, 3.05) is 5.43 Å². The van der Waals surface area contributed by atoms with E-state index in [0.717, 1.165) is 23.1 Å². The Labute approximate surface area is 122 Å². The van der Waals surface area contributed by atoms with Gasteiger partial charge < -0.3 is 10.4 Å². The third kappa shape index (κ3) is 2.43. The number of hydrogen-bond acceptors (Lipinski definition) is 3. The van der Waals surface area contributed by atoms with Gasteiger partial charge in [-0.25, -0.2) is 4.79 Å². The highest BCUT2D eigenvalue weighted by Gasteiger charge is 2.15. The summed E-state index contributed by atoms with van der Waals surface area (Å²) in [6, 6.07) is 15.9. The van der Waals surface area contributed by atoms with Crippen LogP contribution < -0.4 is 17.0 Å². The van der Waals surface area contributed by atoms with E-state index in [1.807, 2.05) is 43.3 Å². The molecule has 108 valence electrons. The van der Waals surface area contributed by atoms with Gasteiger partial charge in [0.25, 0.3) is 0 Å². The van der Waals surface area contributed by atoms with Crippen LogP contribution in [0.15, 0.2) is 53.3 Å². The number of nitrogen functional groups attached to an aromatic ring is 1. The van der Waals surface area contributed by atoms with Crippen molar-refractivity contribution in [3.8, 4) is 0 Å².